The maximum absolute atomic E-state index is 12.7. The molecule has 3 aliphatic rings. The molecule has 1 saturated carbocycles. The first-order valence-corrected chi connectivity index (χ1v) is 10.6. The zero-order valence-corrected chi connectivity index (χ0v) is 16.4. The molecule has 152 valence electrons. The van der Waals surface area contributed by atoms with Crippen LogP contribution in [0.3, 0.4) is 0 Å². The monoisotopic (exact) mass is 385 g/mol. The molecule has 4 rings (SSSR count). The minimum atomic E-state index is -0.372. The van der Waals surface area contributed by atoms with E-state index in [-0.39, 0.29) is 29.8 Å². The van der Waals surface area contributed by atoms with Crippen LogP contribution in [0.25, 0.3) is 0 Å². The van der Waals surface area contributed by atoms with Crippen molar-refractivity contribution in [2.24, 2.45) is 17.6 Å². The molecule has 1 aromatic carbocycles. The van der Waals surface area contributed by atoms with E-state index in [1.807, 2.05) is 18.2 Å². The third-order valence-corrected chi connectivity index (χ3v) is 6.82. The molecule has 2 aliphatic heterocycles. The Bertz CT molecular complexity index is 745. The third kappa shape index (κ3) is 4.08. The van der Waals surface area contributed by atoms with Gasteiger partial charge in [0.25, 0.3) is 0 Å². The van der Waals surface area contributed by atoms with Crippen molar-refractivity contribution >= 4 is 17.5 Å². The van der Waals surface area contributed by atoms with E-state index in [1.54, 1.807) is 0 Å². The number of hydrogen-bond acceptors (Lipinski definition) is 4. The summed E-state index contributed by atoms with van der Waals surface area (Å²) < 4.78 is 0. The second-order valence-corrected chi connectivity index (χ2v) is 8.79. The van der Waals surface area contributed by atoms with E-state index < -0.39 is 0 Å². The van der Waals surface area contributed by atoms with Gasteiger partial charge in [0, 0.05) is 25.3 Å². The molecule has 0 bridgehead atoms. The molecular formula is C22H31N3O3. The highest BCUT2D eigenvalue weighted by molar-refractivity contribution is 5.99. The molecule has 0 aromatic heterocycles. The maximum atomic E-state index is 12.7. The summed E-state index contributed by atoms with van der Waals surface area (Å²) in [6, 6.07) is 5.88. The Hall–Kier alpha value is -1.92. The summed E-state index contributed by atoms with van der Waals surface area (Å²) in [5, 5.41) is 12.8. The first-order chi connectivity index (χ1) is 13.5. The predicted octanol–water partition coefficient (Wildman–Crippen LogP) is 2.01. The number of benzene rings is 1. The fraction of sp³-hybridized carbons (Fsp3) is 0.636. The molecule has 4 N–H and O–H groups in total. The van der Waals surface area contributed by atoms with E-state index in [0.29, 0.717) is 18.9 Å². The molecule has 1 unspecified atom stereocenters. The van der Waals surface area contributed by atoms with Crippen LogP contribution in [-0.4, -0.2) is 47.6 Å². The highest BCUT2D eigenvalue weighted by atomic mass is 16.3. The van der Waals surface area contributed by atoms with Gasteiger partial charge in [-0.1, -0.05) is 44.2 Å². The van der Waals surface area contributed by atoms with Gasteiger partial charge < -0.3 is 21.1 Å². The van der Waals surface area contributed by atoms with Crippen LogP contribution >= 0.6 is 0 Å². The molecule has 2 amide bonds. The van der Waals surface area contributed by atoms with E-state index in [9.17, 15) is 14.7 Å². The van der Waals surface area contributed by atoms with Crippen molar-refractivity contribution in [1.82, 2.24) is 4.90 Å². The number of nitrogens with one attached hydrogen (secondary N) is 1. The van der Waals surface area contributed by atoms with Crippen molar-refractivity contribution in [2.75, 3.05) is 25.0 Å². The molecule has 3 atom stereocenters. The van der Waals surface area contributed by atoms with Gasteiger partial charge in [-0.15, -0.1) is 0 Å². The van der Waals surface area contributed by atoms with Crippen LogP contribution in [0, 0.1) is 11.8 Å². The van der Waals surface area contributed by atoms with E-state index >= 15 is 0 Å². The molecule has 0 spiro atoms. The van der Waals surface area contributed by atoms with Gasteiger partial charge in [-0.3, -0.25) is 9.59 Å². The van der Waals surface area contributed by atoms with E-state index in [1.165, 1.54) is 19.3 Å². The fourth-order valence-corrected chi connectivity index (χ4v) is 5.41. The summed E-state index contributed by atoms with van der Waals surface area (Å²) in [6.45, 7) is 2.34. The van der Waals surface area contributed by atoms with Crippen molar-refractivity contribution in [2.45, 2.75) is 57.0 Å². The molecule has 1 aromatic rings. The van der Waals surface area contributed by atoms with Gasteiger partial charge in [-0.25, -0.2) is 0 Å². The van der Waals surface area contributed by atoms with Crippen LogP contribution in [0.1, 0.15) is 55.6 Å². The average molecular weight is 386 g/mol. The normalized spacial score (nSPS) is 25.3. The second kappa shape index (κ2) is 8.21. The lowest BCUT2D eigenvalue weighted by molar-refractivity contribution is -0.121. The lowest BCUT2D eigenvalue weighted by Crippen LogP contribution is -2.40. The standard InChI is InChI=1S/C22H31N3O3/c23-22(28)21(16-7-6-15-11-20(27)24-19(15)10-16)18(14-4-2-1-3-5-14)13-25-9-8-17(26)12-25/h6-7,10,14,17-18,21,26H,1-5,8-9,11-13H2,(H2,23,28)(H,24,27)/t17-,18-,21?/m0/s1. The number of fused-ring (bicyclic) bond motifs is 1. The number of primary amides is 1. The summed E-state index contributed by atoms with van der Waals surface area (Å²) >= 11 is 0. The van der Waals surface area contributed by atoms with Gasteiger partial charge in [0.2, 0.25) is 11.8 Å². The van der Waals surface area contributed by atoms with Gasteiger partial charge in [-0.2, -0.15) is 0 Å². The van der Waals surface area contributed by atoms with Gasteiger partial charge >= 0.3 is 0 Å². The van der Waals surface area contributed by atoms with Crippen molar-refractivity contribution in [1.29, 1.82) is 0 Å². The molecule has 0 radical (unpaired) electrons. The number of carbonyl (C=O) groups is 2. The van der Waals surface area contributed by atoms with Crippen molar-refractivity contribution in [3.63, 3.8) is 0 Å². The number of β-amino-alcohol motifs (C(OH)–C–C–N with tert-alkyl or cyclic N) is 1. The number of nitrogens with zero attached hydrogens (tertiary/aromatic N) is 1. The number of aliphatic hydroxyl groups excluding tert-OH is 1. The van der Waals surface area contributed by atoms with E-state index in [0.717, 1.165) is 49.2 Å². The summed E-state index contributed by atoms with van der Waals surface area (Å²) in [7, 11) is 0. The van der Waals surface area contributed by atoms with Crippen LogP contribution in [0.4, 0.5) is 5.69 Å². The van der Waals surface area contributed by atoms with Gasteiger partial charge in [-0.05, 0) is 35.4 Å². The van der Waals surface area contributed by atoms with Gasteiger partial charge in [0.15, 0.2) is 0 Å². The molecule has 1 saturated heterocycles. The Labute approximate surface area is 166 Å². The lowest BCUT2D eigenvalue weighted by Gasteiger charge is -2.37. The van der Waals surface area contributed by atoms with Crippen LogP contribution in [0.5, 0.6) is 0 Å². The van der Waals surface area contributed by atoms with Crippen molar-refractivity contribution in [3.05, 3.63) is 29.3 Å². The van der Waals surface area contributed by atoms with Crippen LogP contribution in [-0.2, 0) is 16.0 Å². The average Bonchev–Trinajstić information content (AvgIpc) is 3.25. The van der Waals surface area contributed by atoms with Crippen LogP contribution in [0.2, 0.25) is 0 Å². The zero-order valence-electron chi connectivity index (χ0n) is 16.4. The van der Waals surface area contributed by atoms with Gasteiger partial charge in [0.1, 0.15) is 0 Å². The highest BCUT2D eigenvalue weighted by Gasteiger charge is 2.37. The molecule has 6 heteroatoms. The minimum Gasteiger partial charge on any atom is -0.392 e. The largest absolute Gasteiger partial charge is 0.392 e. The quantitative estimate of drug-likeness (QED) is 0.698. The molecule has 28 heavy (non-hydrogen) atoms. The summed E-state index contributed by atoms with van der Waals surface area (Å²) in [6.07, 6.45) is 6.86. The summed E-state index contributed by atoms with van der Waals surface area (Å²) in [5.74, 6) is -0.0639. The fourth-order valence-electron chi connectivity index (χ4n) is 5.41. The second-order valence-electron chi connectivity index (χ2n) is 8.79. The van der Waals surface area contributed by atoms with Crippen molar-refractivity contribution in [3.8, 4) is 0 Å². The number of rotatable bonds is 6. The lowest BCUT2D eigenvalue weighted by atomic mass is 9.71. The minimum absolute atomic E-state index is 0.00217. The molecule has 1 aliphatic carbocycles. The Morgan fingerprint density at radius 2 is 2.04 bits per heavy atom. The van der Waals surface area contributed by atoms with Gasteiger partial charge in [0.05, 0.1) is 18.4 Å². The third-order valence-electron chi connectivity index (χ3n) is 6.82. The first-order valence-electron chi connectivity index (χ1n) is 10.6. The Kier molecular flexibility index (Phi) is 5.69. The topological polar surface area (TPSA) is 95.7 Å². The zero-order chi connectivity index (χ0) is 19.7. The van der Waals surface area contributed by atoms with Crippen LogP contribution in [0.15, 0.2) is 18.2 Å². The van der Waals surface area contributed by atoms with Crippen LogP contribution < -0.4 is 11.1 Å². The number of amides is 2. The molecule has 2 heterocycles. The number of aliphatic hydroxyl groups is 1. The Morgan fingerprint density at radius 1 is 1.25 bits per heavy atom. The predicted molar refractivity (Wildman–Crippen MR) is 108 cm³/mol. The maximum Gasteiger partial charge on any atom is 0.228 e. The molecular weight excluding hydrogens is 354 g/mol. The SMILES string of the molecule is NC(=O)C(c1ccc2c(c1)NC(=O)C2)[C@@H](CN1CC[C@H](O)C1)C1CCCCC1. The number of carbonyl (C=O) groups excluding carboxylic acids is 2. The molecule has 2 fully saturated rings. The van der Waals surface area contributed by atoms with E-state index in [4.69, 9.17) is 5.73 Å². The number of hydrogen-bond donors (Lipinski definition) is 3. The number of likely N-dealkylation sites (tertiary alicyclic amines) is 1. The Morgan fingerprint density at radius 3 is 2.71 bits per heavy atom. The van der Waals surface area contributed by atoms with E-state index in [2.05, 4.69) is 10.2 Å². The number of nitrogens with two attached hydrogens (primary N) is 1. The first kappa shape index (κ1) is 19.4. The summed E-state index contributed by atoms with van der Waals surface area (Å²) in [5.41, 5.74) is 8.66. The molecule has 6 nitrogen and oxygen atoms in total. The smallest absolute Gasteiger partial charge is 0.228 e. The highest BCUT2D eigenvalue weighted by Crippen LogP contribution is 2.40. The number of anilines is 1. The summed E-state index contributed by atoms with van der Waals surface area (Å²) in [4.78, 5) is 26.7. The Balaban J connectivity index is 1.63. The van der Waals surface area contributed by atoms with Crippen molar-refractivity contribution < 1.29 is 14.7 Å².